The summed E-state index contributed by atoms with van der Waals surface area (Å²) in [5.41, 5.74) is 1.46. The van der Waals surface area contributed by atoms with E-state index in [9.17, 15) is 0 Å². The van der Waals surface area contributed by atoms with Crippen LogP contribution in [0.2, 0.25) is 0 Å². The highest BCUT2D eigenvalue weighted by atomic mass is 16.5. The largest absolute Gasteiger partial charge is 0.497 e. The molecule has 0 N–H and O–H groups in total. The number of unbranched alkanes of at least 4 members (excludes halogenated alkanes) is 3. The molecule has 0 spiro atoms. The van der Waals surface area contributed by atoms with Crippen molar-refractivity contribution in [3.63, 3.8) is 0 Å². The van der Waals surface area contributed by atoms with Crippen LogP contribution in [0.5, 0.6) is 0 Å². The van der Waals surface area contributed by atoms with E-state index in [2.05, 4.69) is 26.0 Å². The van der Waals surface area contributed by atoms with E-state index in [1.165, 1.54) is 63.4 Å². The lowest BCUT2D eigenvalue weighted by atomic mass is 9.87. The van der Waals surface area contributed by atoms with E-state index in [1.54, 1.807) is 0 Å². The average Bonchev–Trinajstić information content (AvgIpc) is 2.45. The quantitative estimate of drug-likeness (QED) is 0.439. The molecule has 0 bridgehead atoms. The molecule has 19 heavy (non-hydrogen) atoms. The van der Waals surface area contributed by atoms with Crippen LogP contribution in [-0.2, 0) is 4.74 Å². The van der Waals surface area contributed by atoms with Gasteiger partial charge in [-0.3, -0.25) is 0 Å². The summed E-state index contributed by atoms with van der Waals surface area (Å²) in [6.07, 6.45) is 17.8. The van der Waals surface area contributed by atoms with Crippen LogP contribution in [0.3, 0.4) is 0 Å². The van der Waals surface area contributed by atoms with Gasteiger partial charge < -0.3 is 4.74 Å². The Morgan fingerprint density at radius 1 is 1.00 bits per heavy atom. The second-order valence-corrected chi connectivity index (χ2v) is 5.79. The van der Waals surface area contributed by atoms with E-state index in [0.29, 0.717) is 0 Å². The molecule has 1 unspecified atom stereocenters. The lowest BCUT2D eigenvalue weighted by molar-refractivity contribution is 0.288. The van der Waals surface area contributed by atoms with Crippen LogP contribution in [0.1, 0.15) is 78.1 Å². The van der Waals surface area contributed by atoms with Crippen molar-refractivity contribution in [2.75, 3.05) is 7.11 Å². The molecule has 0 amide bonds. The molecule has 0 saturated heterocycles. The highest BCUT2D eigenvalue weighted by Crippen LogP contribution is 2.30. The zero-order chi connectivity index (χ0) is 13.9. The van der Waals surface area contributed by atoms with Crippen LogP contribution < -0.4 is 0 Å². The fraction of sp³-hybridized carbons (Fsp3) is 0.778. The Hall–Kier alpha value is -0.720. The van der Waals surface area contributed by atoms with Crippen molar-refractivity contribution in [2.24, 2.45) is 5.92 Å². The summed E-state index contributed by atoms with van der Waals surface area (Å²) in [4.78, 5) is 0. The first kappa shape index (κ1) is 16.3. The van der Waals surface area contributed by atoms with Crippen LogP contribution >= 0.6 is 0 Å². The first-order chi connectivity index (χ1) is 9.31. The van der Waals surface area contributed by atoms with Crippen molar-refractivity contribution in [3.05, 3.63) is 23.5 Å². The van der Waals surface area contributed by atoms with Crippen molar-refractivity contribution >= 4 is 0 Å². The summed E-state index contributed by atoms with van der Waals surface area (Å²) in [5, 5.41) is 0. The number of ether oxygens (including phenoxy) is 1. The minimum Gasteiger partial charge on any atom is -0.497 e. The molecule has 1 heteroatoms. The Balaban J connectivity index is 2.49. The summed E-state index contributed by atoms with van der Waals surface area (Å²) in [6, 6.07) is 0. The summed E-state index contributed by atoms with van der Waals surface area (Å²) in [7, 11) is 1.81. The average molecular weight is 264 g/mol. The van der Waals surface area contributed by atoms with E-state index >= 15 is 0 Å². The Bertz CT molecular complexity index is 288. The molecule has 1 aliphatic carbocycles. The predicted molar refractivity (Wildman–Crippen MR) is 84.2 cm³/mol. The molecular weight excluding hydrogens is 232 g/mol. The highest BCUT2D eigenvalue weighted by molar-refractivity contribution is 5.29. The maximum atomic E-state index is 5.53. The smallest absolute Gasteiger partial charge is 0.117 e. The van der Waals surface area contributed by atoms with Gasteiger partial charge in [-0.25, -0.2) is 0 Å². The third-order valence-electron chi connectivity index (χ3n) is 4.11. The molecule has 1 nitrogen and oxygen atoms in total. The molecule has 0 saturated carbocycles. The Morgan fingerprint density at radius 2 is 1.68 bits per heavy atom. The van der Waals surface area contributed by atoms with E-state index in [0.717, 1.165) is 18.1 Å². The molecule has 1 atom stereocenters. The molecule has 0 fully saturated rings. The maximum Gasteiger partial charge on any atom is 0.117 e. The topological polar surface area (TPSA) is 9.23 Å². The molecule has 0 aromatic rings. The van der Waals surface area contributed by atoms with Crippen LogP contribution in [0.4, 0.5) is 0 Å². The van der Waals surface area contributed by atoms with Gasteiger partial charge in [-0.05, 0) is 36.8 Å². The van der Waals surface area contributed by atoms with Crippen molar-refractivity contribution in [1.29, 1.82) is 0 Å². The van der Waals surface area contributed by atoms with Crippen LogP contribution in [-0.4, -0.2) is 7.11 Å². The zero-order valence-electron chi connectivity index (χ0n) is 13.2. The molecule has 1 rings (SSSR count). The number of hydrogen-bond acceptors (Lipinski definition) is 1. The molecule has 110 valence electrons. The summed E-state index contributed by atoms with van der Waals surface area (Å²) in [6.45, 7) is 4.58. The lowest BCUT2D eigenvalue weighted by Gasteiger charge is -2.21. The van der Waals surface area contributed by atoms with Crippen molar-refractivity contribution in [2.45, 2.75) is 78.1 Å². The van der Waals surface area contributed by atoms with E-state index in [-0.39, 0.29) is 0 Å². The van der Waals surface area contributed by atoms with Gasteiger partial charge in [0.2, 0.25) is 0 Å². The number of rotatable bonds is 10. The first-order valence-corrected chi connectivity index (χ1v) is 8.25. The fourth-order valence-corrected chi connectivity index (χ4v) is 2.94. The van der Waals surface area contributed by atoms with Crippen molar-refractivity contribution in [1.82, 2.24) is 0 Å². The van der Waals surface area contributed by atoms with Gasteiger partial charge in [0.1, 0.15) is 5.76 Å². The SMILES string of the molecule is CCCCCC(CCCC)CC1=CCCC=C1OC. The normalized spacial score (nSPS) is 16.8. The third kappa shape index (κ3) is 6.31. The fourth-order valence-electron chi connectivity index (χ4n) is 2.94. The van der Waals surface area contributed by atoms with E-state index < -0.39 is 0 Å². The number of allylic oxidation sites excluding steroid dienone is 3. The molecule has 0 radical (unpaired) electrons. The molecule has 0 aromatic carbocycles. The minimum atomic E-state index is 0.856. The molecule has 1 aliphatic rings. The van der Waals surface area contributed by atoms with Crippen LogP contribution in [0.25, 0.3) is 0 Å². The third-order valence-corrected chi connectivity index (χ3v) is 4.11. The number of methoxy groups -OCH3 is 1. The van der Waals surface area contributed by atoms with Gasteiger partial charge in [0.25, 0.3) is 0 Å². The van der Waals surface area contributed by atoms with Crippen molar-refractivity contribution < 1.29 is 4.74 Å². The van der Waals surface area contributed by atoms with Gasteiger partial charge in [0.05, 0.1) is 7.11 Å². The first-order valence-electron chi connectivity index (χ1n) is 8.25. The molecule has 0 heterocycles. The second kappa shape index (κ2) is 10.1. The van der Waals surface area contributed by atoms with E-state index in [4.69, 9.17) is 4.74 Å². The Kier molecular flexibility index (Phi) is 8.69. The second-order valence-electron chi connectivity index (χ2n) is 5.79. The Morgan fingerprint density at radius 3 is 2.37 bits per heavy atom. The minimum absolute atomic E-state index is 0.856. The van der Waals surface area contributed by atoms with Crippen LogP contribution in [0.15, 0.2) is 23.5 Å². The van der Waals surface area contributed by atoms with Gasteiger partial charge in [0.15, 0.2) is 0 Å². The maximum absolute atomic E-state index is 5.53. The molecular formula is C18H32O. The monoisotopic (exact) mass is 264 g/mol. The lowest BCUT2D eigenvalue weighted by Crippen LogP contribution is -2.07. The summed E-state index contributed by atoms with van der Waals surface area (Å²) >= 11 is 0. The predicted octanol–water partition coefficient (Wildman–Crippen LogP) is 6.01. The highest BCUT2D eigenvalue weighted by Gasteiger charge is 2.15. The van der Waals surface area contributed by atoms with Gasteiger partial charge in [-0.1, -0.05) is 64.9 Å². The van der Waals surface area contributed by atoms with Gasteiger partial charge in [0, 0.05) is 0 Å². The summed E-state index contributed by atoms with van der Waals surface area (Å²) < 4.78 is 5.53. The van der Waals surface area contributed by atoms with Crippen molar-refractivity contribution in [3.8, 4) is 0 Å². The number of hydrogen-bond donors (Lipinski definition) is 0. The van der Waals surface area contributed by atoms with Gasteiger partial charge >= 0.3 is 0 Å². The van der Waals surface area contributed by atoms with E-state index in [1.807, 2.05) is 7.11 Å². The molecule has 0 aromatic heterocycles. The van der Waals surface area contributed by atoms with Gasteiger partial charge in [-0.2, -0.15) is 0 Å². The zero-order valence-corrected chi connectivity index (χ0v) is 13.2. The standard InChI is InChI=1S/C18H32O/c1-4-6-8-12-16(11-7-5-2)15-17-13-9-10-14-18(17)19-3/h13-14,16H,4-12,15H2,1-3H3. The summed E-state index contributed by atoms with van der Waals surface area (Å²) in [5.74, 6) is 2.00. The Labute approximate surface area is 120 Å². The van der Waals surface area contributed by atoms with Gasteiger partial charge in [-0.15, -0.1) is 0 Å². The van der Waals surface area contributed by atoms with Crippen LogP contribution in [0, 0.1) is 5.92 Å². The molecule has 0 aliphatic heterocycles.